The summed E-state index contributed by atoms with van der Waals surface area (Å²) in [5.74, 6) is -0.0212. The van der Waals surface area contributed by atoms with Gasteiger partial charge in [0.1, 0.15) is 0 Å². The number of hydrogen-bond acceptors (Lipinski definition) is 3. The first-order chi connectivity index (χ1) is 12.4. The van der Waals surface area contributed by atoms with Crippen molar-refractivity contribution in [3.63, 3.8) is 0 Å². The summed E-state index contributed by atoms with van der Waals surface area (Å²) in [5, 5.41) is 1.00. The average Bonchev–Trinajstić information content (AvgIpc) is 2.64. The van der Waals surface area contributed by atoms with Crippen molar-refractivity contribution in [1.82, 2.24) is 9.21 Å². The van der Waals surface area contributed by atoms with Crippen molar-refractivity contribution in [2.24, 2.45) is 0 Å². The molecule has 3 rings (SSSR count). The lowest BCUT2D eigenvalue weighted by molar-refractivity contribution is -0.131. The molecule has 0 atom stereocenters. The van der Waals surface area contributed by atoms with Crippen LogP contribution in [0.3, 0.4) is 0 Å². The number of halogens is 2. The highest BCUT2D eigenvalue weighted by Gasteiger charge is 2.30. The molecular formula is C18H18Cl2N2O3S. The van der Waals surface area contributed by atoms with E-state index in [1.165, 1.54) is 16.4 Å². The van der Waals surface area contributed by atoms with Crippen LogP contribution in [-0.2, 0) is 21.2 Å². The van der Waals surface area contributed by atoms with Gasteiger partial charge in [-0.3, -0.25) is 4.79 Å². The van der Waals surface area contributed by atoms with Gasteiger partial charge in [0, 0.05) is 36.2 Å². The van der Waals surface area contributed by atoms with Gasteiger partial charge < -0.3 is 4.90 Å². The van der Waals surface area contributed by atoms with Gasteiger partial charge in [0.2, 0.25) is 15.9 Å². The van der Waals surface area contributed by atoms with Gasteiger partial charge in [-0.1, -0.05) is 41.4 Å². The number of nitrogens with zero attached hydrogens (tertiary/aromatic N) is 2. The molecule has 1 saturated heterocycles. The molecule has 1 amide bonds. The van der Waals surface area contributed by atoms with Gasteiger partial charge in [-0.2, -0.15) is 4.31 Å². The number of carbonyl (C=O) groups is 1. The van der Waals surface area contributed by atoms with E-state index in [9.17, 15) is 13.2 Å². The van der Waals surface area contributed by atoms with E-state index < -0.39 is 10.0 Å². The standard InChI is InChI=1S/C18H18Cl2N2O3S/c19-15-6-4-14(5-7-15)12-18(23)21-8-10-22(11-9-21)26(24,25)17-3-1-2-16(20)13-17/h1-7,13H,8-12H2. The normalized spacial score (nSPS) is 15.8. The molecule has 0 aliphatic carbocycles. The molecule has 1 aliphatic rings. The molecule has 8 heteroatoms. The number of amides is 1. The molecule has 0 spiro atoms. The maximum Gasteiger partial charge on any atom is 0.243 e. The van der Waals surface area contributed by atoms with Crippen molar-refractivity contribution >= 4 is 39.1 Å². The minimum Gasteiger partial charge on any atom is -0.340 e. The van der Waals surface area contributed by atoms with E-state index in [0.717, 1.165) is 5.56 Å². The molecule has 26 heavy (non-hydrogen) atoms. The van der Waals surface area contributed by atoms with Crippen LogP contribution in [0, 0.1) is 0 Å². The molecule has 1 fully saturated rings. The van der Waals surface area contributed by atoms with Crippen molar-refractivity contribution in [2.75, 3.05) is 26.2 Å². The highest BCUT2D eigenvalue weighted by molar-refractivity contribution is 7.89. The zero-order chi connectivity index (χ0) is 18.7. The van der Waals surface area contributed by atoms with Crippen LogP contribution in [0.15, 0.2) is 53.4 Å². The molecule has 138 valence electrons. The zero-order valence-electron chi connectivity index (χ0n) is 13.9. The lowest BCUT2D eigenvalue weighted by atomic mass is 10.1. The first-order valence-corrected chi connectivity index (χ1v) is 10.3. The predicted octanol–water partition coefficient (Wildman–Crippen LogP) is 3.07. The maximum atomic E-state index is 12.7. The second kappa shape index (κ2) is 7.96. The summed E-state index contributed by atoms with van der Waals surface area (Å²) in [4.78, 5) is 14.3. The van der Waals surface area contributed by atoms with E-state index in [1.54, 1.807) is 29.2 Å². The Balaban J connectivity index is 1.61. The molecule has 2 aromatic carbocycles. The summed E-state index contributed by atoms with van der Waals surface area (Å²) >= 11 is 11.7. The van der Waals surface area contributed by atoms with Gasteiger partial charge in [0.25, 0.3) is 0 Å². The van der Waals surface area contributed by atoms with Crippen LogP contribution in [0.5, 0.6) is 0 Å². The van der Waals surface area contributed by atoms with Crippen molar-refractivity contribution in [3.8, 4) is 0 Å². The number of benzene rings is 2. The summed E-state index contributed by atoms with van der Waals surface area (Å²) < 4.78 is 26.8. The Morgan fingerprint density at radius 1 is 0.923 bits per heavy atom. The minimum absolute atomic E-state index is 0.0212. The Morgan fingerprint density at radius 3 is 2.19 bits per heavy atom. The van der Waals surface area contributed by atoms with Crippen LogP contribution < -0.4 is 0 Å². The smallest absolute Gasteiger partial charge is 0.243 e. The second-order valence-electron chi connectivity index (χ2n) is 6.05. The molecule has 1 aliphatic heterocycles. The van der Waals surface area contributed by atoms with Crippen LogP contribution in [0.4, 0.5) is 0 Å². The first-order valence-electron chi connectivity index (χ1n) is 8.14. The topological polar surface area (TPSA) is 57.7 Å². The van der Waals surface area contributed by atoms with E-state index in [2.05, 4.69) is 0 Å². The van der Waals surface area contributed by atoms with Crippen LogP contribution >= 0.6 is 23.2 Å². The first kappa shape index (κ1) is 19.2. The molecule has 0 N–H and O–H groups in total. The Labute approximate surface area is 163 Å². The monoisotopic (exact) mass is 412 g/mol. The lowest BCUT2D eigenvalue weighted by Crippen LogP contribution is -2.50. The van der Waals surface area contributed by atoms with E-state index in [0.29, 0.717) is 23.1 Å². The number of piperazine rings is 1. The Kier molecular flexibility index (Phi) is 5.87. The fourth-order valence-corrected chi connectivity index (χ4v) is 4.69. The molecular weight excluding hydrogens is 395 g/mol. The molecule has 0 aromatic heterocycles. The maximum absolute atomic E-state index is 12.7. The Bertz CT molecular complexity index is 893. The Morgan fingerprint density at radius 2 is 1.58 bits per heavy atom. The van der Waals surface area contributed by atoms with E-state index in [4.69, 9.17) is 23.2 Å². The van der Waals surface area contributed by atoms with Gasteiger partial charge >= 0.3 is 0 Å². The van der Waals surface area contributed by atoms with Crippen LogP contribution in [-0.4, -0.2) is 49.7 Å². The summed E-state index contributed by atoms with van der Waals surface area (Å²) in [6.07, 6.45) is 0.276. The van der Waals surface area contributed by atoms with Crippen molar-refractivity contribution in [3.05, 3.63) is 64.1 Å². The SMILES string of the molecule is O=C(Cc1ccc(Cl)cc1)N1CCN(S(=O)(=O)c2cccc(Cl)c2)CC1. The third kappa shape index (κ3) is 4.38. The highest BCUT2D eigenvalue weighted by Crippen LogP contribution is 2.21. The molecule has 0 saturated carbocycles. The predicted molar refractivity (Wildman–Crippen MR) is 102 cm³/mol. The largest absolute Gasteiger partial charge is 0.340 e. The van der Waals surface area contributed by atoms with Gasteiger partial charge in [-0.25, -0.2) is 8.42 Å². The fourth-order valence-electron chi connectivity index (χ4n) is 2.84. The summed E-state index contributed by atoms with van der Waals surface area (Å²) in [7, 11) is -3.60. The second-order valence-corrected chi connectivity index (χ2v) is 8.86. The van der Waals surface area contributed by atoms with Gasteiger partial charge in [0.15, 0.2) is 0 Å². The molecule has 0 bridgehead atoms. The summed E-state index contributed by atoms with van der Waals surface area (Å²) in [5.41, 5.74) is 0.883. The molecule has 0 radical (unpaired) electrons. The number of carbonyl (C=O) groups excluding carboxylic acids is 1. The number of hydrogen-bond donors (Lipinski definition) is 0. The van der Waals surface area contributed by atoms with E-state index in [-0.39, 0.29) is 30.3 Å². The van der Waals surface area contributed by atoms with Gasteiger partial charge in [0.05, 0.1) is 11.3 Å². The van der Waals surface area contributed by atoms with E-state index >= 15 is 0 Å². The van der Waals surface area contributed by atoms with Gasteiger partial charge in [-0.05, 0) is 35.9 Å². The van der Waals surface area contributed by atoms with Crippen molar-refractivity contribution in [1.29, 1.82) is 0 Å². The summed E-state index contributed by atoms with van der Waals surface area (Å²) in [6.45, 7) is 1.26. The minimum atomic E-state index is -3.60. The Hall–Kier alpha value is -1.60. The average molecular weight is 413 g/mol. The quantitative estimate of drug-likeness (QED) is 0.774. The number of rotatable bonds is 4. The third-order valence-electron chi connectivity index (χ3n) is 4.29. The highest BCUT2D eigenvalue weighted by atomic mass is 35.5. The van der Waals surface area contributed by atoms with Crippen molar-refractivity contribution < 1.29 is 13.2 Å². The number of sulfonamides is 1. The fraction of sp³-hybridized carbons (Fsp3) is 0.278. The van der Waals surface area contributed by atoms with Crippen LogP contribution in [0.2, 0.25) is 10.0 Å². The molecule has 0 unspecified atom stereocenters. The van der Waals surface area contributed by atoms with Crippen LogP contribution in [0.1, 0.15) is 5.56 Å². The van der Waals surface area contributed by atoms with E-state index in [1.807, 2.05) is 12.1 Å². The zero-order valence-corrected chi connectivity index (χ0v) is 16.3. The molecule has 1 heterocycles. The van der Waals surface area contributed by atoms with Crippen molar-refractivity contribution in [2.45, 2.75) is 11.3 Å². The lowest BCUT2D eigenvalue weighted by Gasteiger charge is -2.34. The summed E-state index contributed by atoms with van der Waals surface area (Å²) in [6, 6.07) is 13.3. The van der Waals surface area contributed by atoms with Gasteiger partial charge in [-0.15, -0.1) is 0 Å². The van der Waals surface area contributed by atoms with Crippen LogP contribution in [0.25, 0.3) is 0 Å². The third-order valence-corrected chi connectivity index (χ3v) is 6.68. The molecule has 2 aromatic rings. The molecule has 5 nitrogen and oxygen atoms in total.